The third-order valence-electron chi connectivity index (χ3n) is 14.3. The summed E-state index contributed by atoms with van der Waals surface area (Å²) in [6.45, 7) is 11.5. The van der Waals surface area contributed by atoms with E-state index in [2.05, 4.69) is 10.3 Å². The van der Waals surface area contributed by atoms with Crippen LogP contribution in [0, 0.1) is 29.6 Å². The van der Waals surface area contributed by atoms with Crippen LogP contribution < -0.4 is 5.32 Å². The normalized spacial score (nSPS) is 36.4. The topological polar surface area (TPSA) is 200 Å². The Morgan fingerprint density at radius 3 is 2.39 bits per heavy atom. The van der Waals surface area contributed by atoms with Crippen LogP contribution in [-0.2, 0) is 54.2 Å². The molecule has 4 heterocycles. The highest BCUT2D eigenvalue weighted by Crippen LogP contribution is 2.39. The van der Waals surface area contributed by atoms with Crippen molar-refractivity contribution in [2.24, 2.45) is 29.6 Å². The lowest BCUT2D eigenvalue weighted by Crippen LogP contribution is -2.64. The van der Waals surface area contributed by atoms with Crippen molar-refractivity contribution in [1.29, 1.82) is 0 Å². The molecule has 66 heavy (non-hydrogen) atoms. The number of aliphatic hydroxyl groups is 2. The minimum absolute atomic E-state index is 0.0188. The van der Waals surface area contributed by atoms with Gasteiger partial charge in [0.1, 0.15) is 24.0 Å². The summed E-state index contributed by atoms with van der Waals surface area (Å²) in [5.74, 6) is -7.97. The number of cyclic esters (lactones) is 1. The number of hydrogen-bond acceptors (Lipinski definition) is 13. The number of aliphatic hydroxyl groups excluding tert-OH is 1. The van der Waals surface area contributed by atoms with Crippen molar-refractivity contribution < 1.29 is 57.9 Å². The number of aromatic nitrogens is 1. The monoisotopic (exact) mass is 922 g/mol. The summed E-state index contributed by atoms with van der Waals surface area (Å²) in [5, 5.41) is 26.8. The fourth-order valence-electron chi connectivity index (χ4n) is 10.4. The van der Waals surface area contributed by atoms with E-state index in [4.69, 9.17) is 23.7 Å². The zero-order valence-corrected chi connectivity index (χ0v) is 40.5. The molecule has 1 aromatic rings. The van der Waals surface area contributed by atoms with Gasteiger partial charge in [0.2, 0.25) is 11.7 Å². The third-order valence-corrected chi connectivity index (χ3v) is 14.3. The Hall–Kier alpha value is -4.12. The Bertz CT molecular complexity index is 1940. The van der Waals surface area contributed by atoms with E-state index in [-0.39, 0.29) is 55.4 Å². The molecule has 13 unspecified atom stereocenters. The summed E-state index contributed by atoms with van der Waals surface area (Å²) in [7, 11) is 4.66. The largest absolute Gasteiger partial charge is 0.456 e. The molecule has 5 rings (SSSR count). The zero-order valence-electron chi connectivity index (χ0n) is 40.5. The van der Waals surface area contributed by atoms with Crippen molar-refractivity contribution in [1.82, 2.24) is 15.2 Å². The van der Waals surface area contributed by atoms with E-state index < -0.39 is 77.8 Å². The van der Waals surface area contributed by atoms with Crippen LogP contribution in [0.5, 0.6) is 0 Å². The van der Waals surface area contributed by atoms with Gasteiger partial charge in [0, 0.05) is 64.3 Å². The minimum Gasteiger partial charge on any atom is -0.456 e. The van der Waals surface area contributed by atoms with Crippen molar-refractivity contribution in [2.75, 3.05) is 27.9 Å². The lowest BCUT2D eigenvalue weighted by Gasteiger charge is -2.47. The van der Waals surface area contributed by atoms with Crippen molar-refractivity contribution >= 4 is 29.4 Å². The zero-order chi connectivity index (χ0) is 48.3. The lowest BCUT2D eigenvalue weighted by atomic mass is 9.80. The molecule has 0 radical (unpaired) electrons. The van der Waals surface area contributed by atoms with Gasteiger partial charge in [-0.2, -0.15) is 0 Å². The predicted molar refractivity (Wildman–Crippen MR) is 246 cm³/mol. The Morgan fingerprint density at radius 2 is 1.73 bits per heavy atom. The molecule has 15 heteroatoms. The van der Waals surface area contributed by atoms with Crippen LogP contribution in [0.25, 0.3) is 0 Å². The summed E-state index contributed by atoms with van der Waals surface area (Å²) in [6, 6.07) is 4.35. The van der Waals surface area contributed by atoms with Gasteiger partial charge in [0.15, 0.2) is 0 Å². The molecule has 2 saturated heterocycles. The molecule has 3 N–H and O–H groups in total. The third kappa shape index (κ3) is 13.1. The van der Waals surface area contributed by atoms with Crippen molar-refractivity contribution in [3.05, 3.63) is 65.0 Å². The Kier molecular flexibility index (Phi) is 19.4. The molecule has 1 saturated carbocycles. The van der Waals surface area contributed by atoms with E-state index in [1.54, 1.807) is 33.2 Å². The molecule has 0 aromatic carbocycles. The maximum absolute atomic E-state index is 14.5. The Morgan fingerprint density at radius 1 is 1.00 bits per heavy atom. The number of methoxy groups -OCH3 is 3. The standard InChI is InChI=1S/C51H75N3O12/c1-10-36-22-30(2)21-31(3)23-43(63-8)47-44(64-9)25-33(5)51(61,66-47)48(58)49(59)54-20-14-12-16-39(54)50(60)65-46(34(6)40(55)28-41(36)56)32(4)24-35-17-18-37(42(26-35)62-7)27-45(57)53-29-38-15-11-13-19-52-38/h11,13,15,19,22,24,27,31,33-36,39-40,42-44,46-47,55,61H,10,12,14,16-18,20-21,23,25-26,28-29H2,1-9H3,(H,53,57)/b30-22+,32-24?,37-27?. The minimum atomic E-state index is -2.52. The lowest BCUT2D eigenvalue weighted by molar-refractivity contribution is -0.302. The number of carbonyl (C=O) groups excluding carboxylic acids is 5. The van der Waals surface area contributed by atoms with E-state index in [0.29, 0.717) is 63.5 Å². The Labute approximate surface area is 391 Å². The number of pyridine rings is 1. The van der Waals surface area contributed by atoms with Crippen LogP contribution in [-0.4, -0.2) is 126 Å². The van der Waals surface area contributed by atoms with Crippen LogP contribution in [0.3, 0.4) is 0 Å². The number of hydrogen-bond donors (Lipinski definition) is 3. The molecule has 4 aliphatic rings. The number of piperidine rings is 1. The molecule has 13 atom stereocenters. The van der Waals surface area contributed by atoms with Crippen molar-refractivity contribution in [3.63, 3.8) is 0 Å². The van der Waals surface area contributed by atoms with Gasteiger partial charge >= 0.3 is 5.97 Å². The number of carbonyl (C=O) groups is 5. The molecule has 2 bridgehead atoms. The van der Waals surface area contributed by atoms with Gasteiger partial charge in [-0.15, -0.1) is 0 Å². The van der Waals surface area contributed by atoms with E-state index in [1.165, 1.54) is 19.1 Å². The highest BCUT2D eigenvalue weighted by atomic mass is 16.7. The van der Waals surface area contributed by atoms with E-state index in [1.807, 2.05) is 58.0 Å². The maximum Gasteiger partial charge on any atom is 0.329 e. The summed E-state index contributed by atoms with van der Waals surface area (Å²) in [6.07, 6.45) is 7.32. The van der Waals surface area contributed by atoms with Crippen LogP contribution in [0.1, 0.15) is 118 Å². The first-order chi connectivity index (χ1) is 31.4. The number of allylic oxidation sites excluding steroid dienone is 3. The SMILES string of the molecule is CCC1/C=C(\C)CC(C)CC(OC)C2OC(O)(C(=O)C(=O)N3CCCCC3C(=O)OC(C(C)=CC3CCC(=CC(=O)NCc4ccccn4)C(OC)C3)C(C)C(O)CC1=O)C(C)CC2OC. The summed E-state index contributed by atoms with van der Waals surface area (Å²) in [4.78, 5) is 75.5. The van der Waals surface area contributed by atoms with Gasteiger partial charge < -0.3 is 44.1 Å². The number of nitrogens with one attached hydrogen (secondary N) is 1. The predicted octanol–water partition coefficient (Wildman–Crippen LogP) is 5.75. The van der Waals surface area contributed by atoms with Gasteiger partial charge in [-0.05, 0) is 113 Å². The fraction of sp³-hybridized carbons (Fsp3) is 0.686. The number of nitrogens with zero attached hydrogens (tertiary/aromatic N) is 2. The number of fused-ring (bicyclic) bond motifs is 3. The van der Waals surface area contributed by atoms with Gasteiger partial charge in [-0.3, -0.25) is 24.2 Å². The van der Waals surface area contributed by atoms with Gasteiger partial charge in [0.25, 0.3) is 11.7 Å². The second-order valence-corrected chi connectivity index (χ2v) is 19.3. The van der Waals surface area contributed by atoms with E-state index in [0.717, 1.165) is 16.8 Å². The number of amides is 2. The number of ether oxygens (including phenoxy) is 5. The van der Waals surface area contributed by atoms with Crippen LogP contribution in [0.4, 0.5) is 0 Å². The van der Waals surface area contributed by atoms with Crippen LogP contribution >= 0.6 is 0 Å². The number of ketones is 2. The van der Waals surface area contributed by atoms with Gasteiger partial charge in [-0.1, -0.05) is 51.5 Å². The Balaban J connectivity index is 1.46. The average Bonchev–Trinajstić information content (AvgIpc) is 3.31. The molecule has 1 aromatic heterocycles. The average molecular weight is 922 g/mol. The highest BCUT2D eigenvalue weighted by molar-refractivity contribution is 6.39. The molecule has 366 valence electrons. The molecule has 3 fully saturated rings. The fourth-order valence-corrected chi connectivity index (χ4v) is 10.4. The first kappa shape index (κ1) is 52.8. The maximum atomic E-state index is 14.5. The second-order valence-electron chi connectivity index (χ2n) is 19.3. The summed E-state index contributed by atoms with van der Waals surface area (Å²) >= 11 is 0. The van der Waals surface area contributed by atoms with Gasteiger partial charge in [-0.25, -0.2) is 4.79 Å². The second kappa shape index (κ2) is 24.2. The summed E-state index contributed by atoms with van der Waals surface area (Å²) in [5.41, 5.74) is 3.23. The molecular weight excluding hydrogens is 847 g/mol. The first-order valence-corrected chi connectivity index (χ1v) is 23.9. The van der Waals surface area contributed by atoms with Crippen LogP contribution in [0.2, 0.25) is 0 Å². The van der Waals surface area contributed by atoms with Crippen LogP contribution in [0.15, 0.2) is 59.3 Å². The molecule has 15 nitrogen and oxygen atoms in total. The summed E-state index contributed by atoms with van der Waals surface area (Å²) < 4.78 is 30.3. The molecule has 0 spiro atoms. The molecule has 1 aliphatic carbocycles. The van der Waals surface area contributed by atoms with Crippen molar-refractivity contribution in [2.45, 2.75) is 167 Å². The number of esters is 1. The quantitative estimate of drug-likeness (QED) is 0.117. The molecular formula is C51H75N3O12. The van der Waals surface area contributed by atoms with E-state index >= 15 is 0 Å². The highest BCUT2D eigenvalue weighted by Gasteiger charge is 2.56. The molecule has 2 amide bonds. The van der Waals surface area contributed by atoms with E-state index in [9.17, 15) is 34.2 Å². The number of rotatable bonds is 9. The van der Waals surface area contributed by atoms with Gasteiger partial charge in [0.05, 0.1) is 36.7 Å². The number of Topliss-reactive ketones (excluding diaryl/α,β-unsaturated/α-hetero) is 2. The smallest absolute Gasteiger partial charge is 0.329 e. The molecule has 3 aliphatic heterocycles. The van der Waals surface area contributed by atoms with Crippen molar-refractivity contribution in [3.8, 4) is 0 Å². The first-order valence-electron chi connectivity index (χ1n) is 23.9.